The van der Waals surface area contributed by atoms with E-state index in [1.54, 1.807) is 22.8 Å². The summed E-state index contributed by atoms with van der Waals surface area (Å²) in [7, 11) is 0. The minimum atomic E-state index is -1.31. The van der Waals surface area contributed by atoms with Gasteiger partial charge in [0.15, 0.2) is 5.11 Å². The van der Waals surface area contributed by atoms with Gasteiger partial charge in [-0.15, -0.1) is 0 Å². The molecular weight excluding hydrogens is 474 g/mol. The van der Waals surface area contributed by atoms with Crippen LogP contribution in [-0.2, 0) is 0 Å². The van der Waals surface area contributed by atoms with Crippen LogP contribution in [0.1, 0.15) is 36.2 Å². The molecule has 0 radical (unpaired) electrons. The molecule has 7 nitrogen and oxygen atoms in total. The van der Waals surface area contributed by atoms with Gasteiger partial charge in [-0.25, -0.2) is 13.6 Å². The van der Waals surface area contributed by atoms with Crippen LogP contribution in [0.25, 0.3) is 10.9 Å². The van der Waals surface area contributed by atoms with Crippen molar-refractivity contribution in [3.63, 3.8) is 0 Å². The summed E-state index contributed by atoms with van der Waals surface area (Å²) in [6.07, 6.45) is 3.16. The predicted molar refractivity (Wildman–Crippen MR) is 134 cm³/mol. The molecule has 0 spiro atoms. The molecule has 1 aliphatic heterocycles. The van der Waals surface area contributed by atoms with Crippen LogP contribution >= 0.6 is 12.2 Å². The first-order valence-electron chi connectivity index (χ1n) is 11.4. The van der Waals surface area contributed by atoms with Gasteiger partial charge in [-0.05, 0) is 68.4 Å². The average molecular weight is 499 g/mol. The maximum absolute atomic E-state index is 15.2. The van der Waals surface area contributed by atoms with Crippen molar-refractivity contribution in [2.24, 2.45) is 0 Å². The van der Waals surface area contributed by atoms with E-state index < -0.39 is 17.2 Å². The summed E-state index contributed by atoms with van der Waals surface area (Å²) >= 11 is 5.55. The number of halogens is 2. The molecule has 1 saturated heterocycles. The molecule has 1 saturated carbocycles. The van der Waals surface area contributed by atoms with E-state index in [0.29, 0.717) is 41.6 Å². The highest BCUT2D eigenvalue weighted by molar-refractivity contribution is 7.80. The lowest BCUT2D eigenvalue weighted by molar-refractivity contribution is 0.0695. The van der Waals surface area contributed by atoms with Crippen LogP contribution in [0.2, 0.25) is 0 Å². The highest BCUT2D eigenvalue weighted by Crippen LogP contribution is 2.38. The smallest absolute Gasteiger partial charge is 0.341 e. The molecule has 2 heterocycles. The molecule has 0 bridgehead atoms. The number of rotatable bonds is 4. The number of carboxylic acid groups (broad SMARTS) is 1. The number of aromatic carboxylic acids is 1. The van der Waals surface area contributed by atoms with Crippen LogP contribution in [0.5, 0.6) is 0 Å². The third-order valence-electron chi connectivity index (χ3n) is 6.60. The van der Waals surface area contributed by atoms with E-state index in [1.165, 1.54) is 18.3 Å². The van der Waals surface area contributed by atoms with Gasteiger partial charge >= 0.3 is 5.97 Å². The van der Waals surface area contributed by atoms with Crippen molar-refractivity contribution in [2.45, 2.75) is 31.8 Å². The Morgan fingerprint density at radius 2 is 1.86 bits per heavy atom. The third kappa shape index (κ3) is 4.45. The second-order valence-corrected chi connectivity index (χ2v) is 9.45. The number of carbonyl (C=O) groups is 1. The Morgan fingerprint density at radius 3 is 2.49 bits per heavy atom. The van der Waals surface area contributed by atoms with E-state index in [0.717, 1.165) is 18.9 Å². The number of thiocarbonyl (C=S) groups is 1. The Morgan fingerprint density at radius 1 is 1.14 bits per heavy atom. The van der Waals surface area contributed by atoms with Crippen molar-refractivity contribution in [1.82, 2.24) is 9.47 Å². The predicted octanol–water partition coefficient (Wildman–Crippen LogP) is 4.22. The Kier molecular flexibility index (Phi) is 5.92. The zero-order valence-corrected chi connectivity index (χ0v) is 19.8. The van der Waals surface area contributed by atoms with Crippen molar-refractivity contribution in [1.29, 1.82) is 0 Å². The molecule has 2 fully saturated rings. The molecule has 1 unspecified atom stereocenters. The standard InChI is InChI=1S/C25H24F2N4O3S/c1-14-12-29(8-9-30(14)25(35)28-16-4-2-15(26)3-5-16)22-11-21-18(10-20(22)27)23(32)19(24(33)34)13-31(21)17-6-7-17/h2-5,10-11,13-14,17H,6-9,12H2,1H3,(H,28,35)(H,33,34). The van der Waals surface area contributed by atoms with Crippen molar-refractivity contribution < 1.29 is 18.7 Å². The fourth-order valence-corrected chi connectivity index (χ4v) is 5.00. The van der Waals surface area contributed by atoms with E-state index in [4.69, 9.17) is 12.2 Å². The normalized spacial score (nSPS) is 18.1. The summed E-state index contributed by atoms with van der Waals surface area (Å²) in [5.41, 5.74) is 0.581. The van der Waals surface area contributed by atoms with Gasteiger partial charge in [0.25, 0.3) is 0 Å². The lowest BCUT2D eigenvalue weighted by Crippen LogP contribution is -2.55. The molecule has 1 aromatic heterocycles. The highest BCUT2D eigenvalue weighted by Gasteiger charge is 2.30. The molecule has 182 valence electrons. The Hall–Kier alpha value is -3.53. The molecule has 3 aromatic rings. The second-order valence-electron chi connectivity index (χ2n) is 9.06. The molecule has 2 aromatic carbocycles. The van der Waals surface area contributed by atoms with Crippen molar-refractivity contribution in [3.05, 3.63) is 70.0 Å². The fourth-order valence-electron chi connectivity index (χ4n) is 4.61. The van der Waals surface area contributed by atoms with Crippen molar-refractivity contribution >= 4 is 45.6 Å². The number of carboxylic acids is 1. The molecule has 0 amide bonds. The van der Waals surface area contributed by atoms with Crippen LogP contribution in [0.15, 0.2) is 47.4 Å². The second kappa shape index (κ2) is 8.92. The topological polar surface area (TPSA) is 77.8 Å². The largest absolute Gasteiger partial charge is 0.477 e. The number of fused-ring (bicyclic) bond motifs is 1. The first-order valence-corrected chi connectivity index (χ1v) is 11.8. The molecule has 1 atom stereocenters. The van der Waals surface area contributed by atoms with Gasteiger partial charge in [-0.3, -0.25) is 4.79 Å². The van der Waals surface area contributed by atoms with Gasteiger partial charge in [0.2, 0.25) is 5.43 Å². The van der Waals surface area contributed by atoms with Gasteiger partial charge in [0.05, 0.1) is 11.2 Å². The number of anilines is 2. The summed E-state index contributed by atoms with van der Waals surface area (Å²) < 4.78 is 30.2. The minimum Gasteiger partial charge on any atom is -0.477 e. The van der Waals surface area contributed by atoms with Crippen molar-refractivity contribution in [3.8, 4) is 0 Å². The van der Waals surface area contributed by atoms with E-state index in [-0.39, 0.29) is 28.9 Å². The molecular formula is C25H24F2N4O3S. The maximum Gasteiger partial charge on any atom is 0.341 e. The summed E-state index contributed by atoms with van der Waals surface area (Å²) in [6.45, 7) is 3.52. The van der Waals surface area contributed by atoms with E-state index in [2.05, 4.69) is 5.32 Å². The van der Waals surface area contributed by atoms with E-state index in [1.807, 2.05) is 16.7 Å². The van der Waals surface area contributed by atoms with Crippen LogP contribution in [-0.4, -0.2) is 51.3 Å². The lowest BCUT2D eigenvalue weighted by Gasteiger charge is -2.42. The van der Waals surface area contributed by atoms with Crippen LogP contribution < -0.4 is 15.6 Å². The lowest BCUT2D eigenvalue weighted by atomic mass is 10.1. The maximum atomic E-state index is 15.2. The summed E-state index contributed by atoms with van der Waals surface area (Å²) in [5.74, 6) is -2.20. The number of aromatic nitrogens is 1. The third-order valence-corrected chi connectivity index (χ3v) is 6.93. The molecule has 2 aliphatic rings. The van der Waals surface area contributed by atoms with E-state index in [9.17, 15) is 19.1 Å². The first-order chi connectivity index (χ1) is 16.7. The van der Waals surface area contributed by atoms with Crippen LogP contribution in [0.4, 0.5) is 20.2 Å². The Bertz CT molecular complexity index is 1390. The zero-order valence-electron chi connectivity index (χ0n) is 19.0. The van der Waals surface area contributed by atoms with Gasteiger partial charge in [-0.1, -0.05) is 0 Å². The van der Waals surface area contributed by atoms with Crippen LogP contribution in [0, 0.1) is 11.6 Å². The number of nitrogens with one attached hydrogen (secondary N) is 1. The number of pyridine rings is 1. The number of piperazine rings is 1. The average Bonchev–Trinajstić information content (AvgIpc) is 3.66. The number of nitrogens with zero attached hydrogens (tertiary/aromatic N) is 3. The van der Waals surface area contributed by atoms with Gasteiger partial charge in [-0.2, -0.15) is 0 Å². The minimum absolute atomic E-state index is 0.0423. The molecule has 2 N–H and O–H groups in total. The summed E-state index contributed by atoms with van der Waals surface area (Å²) in [6, 6.07) is 8.83. The van der Waals surface area contributed by atoms with Gasteiger partial charge in [0, 0.05) is 49.0 Å². The molecule has 35 heavy (non-hydrogen) atoms. The monoisotopic (exact) mass is 498 g/mol. The van der Waals surface area contributed by atoms with Crippen LogP contribution in [0.3, 0.4) is 0 Å². The molecule has 10 heteroatoms. The molecule has 1 aliphatic carbocycles. The van der Waals surface area contributed by atoms with Gasteiger partial charge in [0.1, 0.15) is 17.2 Å². The fraction of sp³-hybridized carbons (Fsp3) is 0.320. The number of hydrogen-bond donors (Lipinski definition) is 2. The molecule has 5 rings (SSSR count). The SMILES string of the molecule is CC1CN(c2cc3c(cc2F)c(=O)c(C(=O)O)cn3C2CC2)CCN1C(=S)Nc1ccc(F)cc1. The first kappa shape index (κ1) is 23.2. The zero-order chi connectivity index (χ0) is 24.9. The Balaban J connectivity index is 1.41. The summed E-state index contributed by atoms with van der Waals surface area (Å²) in [4.78, 5) is 28.2. The Labute approximate surface area is 205 Å². The quantitative estimate of drug-likeness (QED) is 0.522. The van der Waals surface area contributed by atoms with E-state index >= 15 is 4.39 Å². The van der Waals surface area contributed by atoms with Crippen molar-refractivity contribution in [2.75, 3.05) is 29.9 Å². The number of hydrogen-bond acceptors (Lipinski definition) is 4. The highest BCUT2D eigenvalue weighted by atomic mass is 32.1. The number of benzene rings is 2. The van der Waals surface area contributed by atoms with Gasteiger partial charge < -0.3 is 24.8 Å². The summed E-state index contributed by atoms with van der Waals surface area (Å²) in [5, 5.41) is 13.1.